The second-order valence-electron chi connectivity index (χ2n) is 22.9. The van der Waals surface area contributed by atoms with Crippen molar-refractivity contribution in [2.45, 2.75) is 136 Å². The van der Waals surface area contributed by atoms with E-state index in [4.69, 9.17) is 0 Å². The Morgan fingerprint density at radius 2 is 1.13 bits per heavy atom. The van der Waals surface area contributed by atoms with Crippen LogP contribution < -0.4 is 25.5 Å². The Balaban J connectivity index is 1.26. The summed E-state index contributed by atoms with van der Waals surface area (Å²) in [7, 11) is 0. The molecule has 63 heavy (non-hydrogen) atoms. The van der Waals surface area contributed by atoms with Crippen LogP contribution in [-0.2, 0) is 21.7 Å². The highest BCUT2D eigenvalue weighted by Crippen LogP contribution is 2.54. The number of hydrogen-bond acceptors (Lipinski definition) is 3. The summed E-state index contributed by atoms with van der Waals surface area (Å²) < 4.78 is 2.83. The first-order valence-electron chi connectivity index (χ1n) is 23.7. The maximum absolute atomic E-state index is 2.71. The van der Waals surface area contributed by atoms with E-state index in [2.05, 4.69) is 201 Å². The van der Waals surface area contributed by atoms with Crippen LogP contribution in [0.15, 0.2) is 115 Å². The van der Waals surface area contributed by atoms with Gasteiger partial charge in [0, 0.05) is 48.7 Å². The van der Waals surface area contributed by atoms with Gasteiger partial charge in [-0.25, -0.2) is 0 Å². The summed E-state index contributed by atoms with van der Waals surface area (Å²) in [6, 6.07) is 46.1. The molecule has 3 heterocycles. The molecule has 1 fully saturated rings. The van der Waals surface area contributed by atoms with Crippen LogP contribution in [0.5, 0.6) is 0 Å². The maximum Gasteiger partial charge on any atom is 0.264 e. The fourth-order valence-corrected chi connectivity index (χ4v) is 12.9. The molecule has 11 rings (SSSR count). The Kier molecular flexibility index (Phi) is 9.03. The van der Waals surface area contributed by atoms with E-state index in [1.165, 1.54) is 137 Å². The van der Waals surface area contributed by atoms with Gasteiger partial charge in [0.15, 0.2) is 0 Å². The van der Waals surface area contributed by atoms with Crippen molar-refractivity contribution in [1.29, 1.82) is 0 Å². The van der Waals surface area contributed by atoms with Gasteiger partial charge in [0.1, 0.15) is 0 Å². The fourth-order valence-electron chi connectivity index (χ4n) is 11.6. The molecule has 0 radical (unpaired) electrons. The van der Waals surface area contributed by atoms with Crippen LogP contribution in [0.25, 0.3) is 21.2 Å². The minimum absolute atomic E-state index is 0.000434. The third-order valence-electron chi connectivity index (χ3n) is 15.3. The molecule has 7 aromatic rings. The number of nitrogens with zero attached hydrogens (tertiary/aromatic N) is 2. The van der Waals surface area contributed by atoms with Crippen LogP contribution in [0.3, 0.4) is 0 Å². The van der Waals surface area contributed by atoms with Crippen LogP contribution in [0, 0.1) is 0 Å². The molecule has 0 saturated heterocycles. The van der Waals surface area contributed by atoms with Crippen molar-refractivity contribution in [1.82, 2.24) is 0 Å². The molecular weight excluding hydrogens is 780 g/mol. The molecule has 0 unspecified atom stereocenters. The molecule has 1 aromatic heterocycles. The highest BCUT2D eigenvalue weighted by atomic mass is 32.1. The normalized spacial score (nSPS) is 16.8. The molecule has 0 N–H and O–H groups in total. The molecule has 0 amide bonds. The van der Waals surface area contributed by atoms with Crippen molar-refractivity contribution in [2.24, 2.45) is 0 Å². The second kappa shape index (κ2) is 14.0. The minimum Gasteiger partial charge on any atom is -0.311 e. The zero-order chi connectivity index (χ0) is 44.0. The average Bonchev–Trinajstić information content (AvgIpc) is 3.73. The van der Waals surface area contributed by atoms with E-state index in [-0.39, 0.29) is 28.4 Å². The lowest BCUT2D eigenvalue weighted by atomic mass is 9.36. The predicted octanol–water partition coefficient (Wildman–Crippen LogP) is 15.2. The monoisotopic (exact) mass is 842 g/mol. The Labute approximate surface area is 381 Å². The number of thiophene rings is 1. The first kappa shape index (κ1) is 40.7. The summed E-state index contributed by atoms with van der Waals surface area (Å²) >= 11 is 2.04. The predicted molar refractivity (Wildman–Crippen MR) is 275 cm³/mol. The van der Waals surface area contributed by atoms with Gasteiger partial charge in [0.25, 0.3) is 6.71 Å². The van der Waals surface area contributed by atoms with Crippen LogP contribution in [0.4, 0.5) is 34.1 Å². The fraction of sp³-hybridized carbons (Fsp3) is 0.356. The van der Waals surface area contributed by atoms with Crippen molar-refractivity contribution in [3.05, 3.63) is 149 Å². The summed E-state index contributed by atoms with van der Waals surface area (Å²) in [5.74, 6) is 0.543. The van der Waals surface area contributed by atoms with E-state index < -0.39 is 0 Å². The molecule has 1 saturated carbocycles. The lowest BCUT2D eigenvalue weighted by molar-refractivity contribution is 0.444. The topological polar surface area (TPSA) is 6.48 Å². The summed E-state index contributed by atoms with van der Waals surface area (Å²) in [4.78, 5) is 5.35. The van der Waals surface area contributed by atoms with Crippen molar-refractivity contribution in [3.8, 4) is 11.1 Å². The van der Waals surface area contributed by atoms with Gasteiger partial charge in [-0.05, 0) is 145 Å². The minimum atomic E-state index is -0.0692. The molecule has 6 aromatic carbocycles. The van der Waals surface area contributed by atoms with E-state index in [1.54, 1.807) is 0 Å². The highest BCUT2D eigenvalue weighted by Gasteiger charge is 2.47. The summed E-state index contributed by atoms with van der Waals surface area (Å²) in [5, 5.41) is 1.37. The molecule has 0 spiro atoms. The van der Waals surface area contributed by atoms with Crippen molar-refractivity contribution >= 4 is 78.0 Å². The first-order chi connectivity index (χ1) is 29.9. The zero-order valence-electron chi connectivity index (χ0n) is 39.5. The van der Waals surface area contributed by atoms with Gasteiger partial charge in [-0.15, -0.1) is 11.3 Å². The number of anilines is 6. The lowest BCUT2D eigenvalue weighted by Crippen LogP contribution is -2.60. The Bertz CT molecular complexity index is 2960. The molecule has 2 nitrogen and oxygen atoms in total. The molecule has 0 atom stereocenters. The zero-order valence-corrected chi connectivity index (χ0v) is 40.3. The molecular formula is C59H63BN2S. The molecule has 318 valence electrons. The summed E-state index contributed by atoms with van der Waals surface area (Å²) in [6.07, 6.45) is 6.45. The lowest BCUT2D eigenvalue weighted by Gasteiger charge is -2.44. The standard InChI is InChI=1S/C59H63BN2S/c1-56(2,3)38-21-26-41(27-22-38)61-49-30-25-40(58(7,8)9)33-48(49)60-53-50(61)31-37(36-17-13-12-14-18-36)32-51(53)62(42-28-23-39(24-29-42)57(4,5)6)54-45-34-44-43-19-15-16-20-46(43)59(10,11)47(44)35-52(45)63-55(54)60/h15-16,19-36H,12-14,17-18H2,1-11H3. The van der Waals surface area contributed by atoms with Gasteiger partial charge in [-0.3, -0.25) is 0 Å². The van der Waals surface area contributed by atoms with Gasteiger partial charge >= 0.3 is 0 Å². The van der Waals surface area contributed by atoms with Gasteiger partial charge in [-0.2, -0.15) is 0 Å². The third kappa shape index (κ3) is 6.32. The Morgan fingerprint density at radius 1 is 0.556 bits per heavy atom. The Morgan fingerprint density at radius 3 is 1.75 bits per heavy atom. The summed E-state index contributed by atoms with van der Waals surface area (Å²) in [5.41, 5.74) is 22.0. The first-order valence-corrected chi connectivity index (χ1v) is 24.6. The van der Waals surface area contributed by atoms with Crippen LogP contribution in [-0.4, -0.2) is 6.71 Å². The summed E-state index contributed by atoms with van der Waals surface area (Å²) in [6.45, 7) is 26.0. The van der Waals surface area contributed by atoms with Crippen molar-refractivity contribution in [3.63, 3.8) is 0 Å². The quantitative estimate of drug-likeness (QED) is 0.164. The number of hydrogen-bond donors (Lipinski definition) is 0. The van der Waals surface area contributed by atoms with Gasteiger partial charge in [0.2, 0.25) is 0 Å². The van der Waals surface area contributed by atoms with Gasteiger partial charge < -0.3 is 9.80 Å². The number of fused-ring (bicyclic) bond motifs is 9. The SMILES string of the molecule is CC(C)(C)c1ccc(N2c3ccc(C(C)(C)C)cc3B3c4sc5cc6c(cc5c4N(c4ccc(C(C)(C)C)cc4)c4cc(C5CCCCC5)cc2c43)-c2ccccc2C6(C)C)cc1. The molecule has 2 aliphatic carbocycles. The number of benzene rings is 6. The maximum atomic E-state index is 2.71. The van der Waals surface area contributed by atoms with E-state index in [9.17, 15) is 0 Å². The van der Waals surface area contributed by atoms with E-state index in [0.29, 0.717) is 5.92 Å². The Hall–Kier alpha value is -5.06. The molecule has 2 aliphatic heterocycles. The molecule has 4 heteroatoms. The van der Waals surface area contributed by atoms with Gasteiger partial charge in [0.05, 0.1) is 5.69 Å². The van der Waals surface area contributed by atoms with E-state index in [1.807, 2.05) is 11.3 Å². The highest BCUT2D eigenvalue weighted by molar-refractivity contribution is 7.33. The van der Waals surface area contributed by atoms with Gasteiger partial charge in [-0.1, -0.05) is 156 Å². The largest absolute Gasteiger partial charge is 0.311 e. The second-order valence-corrected chi connectivity index (χ2v) is 24.0. The van der Waals surface area contributed by atoms with E-state index in [0.717, 1.165) is 0 Å². The number of rotatable bonds is 3. The van der Waals surface area contributed by atoms with Crippen molar-refractivity contribution in [2.75, 3.05) is 9.80 Å². The van der Waals surface area contributed by atoms with Crippen LogP contribution in [0.2, 0.25) is 0 Å². The molecule has 0 bridgehead atoms. The average molecular weight is 843 g/mol. The smallest absolute Gasteiger partial charge is 0.264 e. The third-order valence-corrected chi connectivity index (χ3v) is 16.5. The van der Waals surface area contributed by atoms with Crippen molar-refractivity contribution < 1.29 is 0 Å². The van der Waals surface area contributed by atoms with Crippen LogP contribution in [0.1, 0.15) is 148 Å². The molecule has 4 aliphatic rings. The van der Waals surface area contributed by atoms with Crippen LogP contribution >= 0.6 is 11.3 Å². The van der Waals surface area contributed by atoms with E-state index >= 15 is 0 Å².